The third kappa shape index (κ3) is 3.93. The van der Waals surface area contributed by atoms with Gasteiger partial charge in [-0.05, 0) is 42.3 Å². The molecule has 2 aromatic carbocycles. The second kappa shape index (κ2) is 7.58. The predicted octanol–water partition coefficient (Wildman–Crippen LogP) is 5.35. The fraction of sp³-hybridized carbons (Fsp3) is 0.400. The molecule has 2 aromatic rings. The van der Waals surface area contributed by atoms with Crippen LogP contribution in [0.3, 0.4) is 0 Å². The van der Waals surface area contributed by atoms with Gasteiger partial charge in [-0.25, -0.2) is 4.39 Å². The lowest BCUT2D eigenvalue weighted by Gasteiger charge is -2.41. The Hall–Kier alpha value is -1.52. The fourth-order valence-corrected chi connectivity index (χ4v) is 3.84. The summed E-state index contributed by atoms with van der Waals surface area (Å²) in [6.45, 7) is 2.61. The molecule has 0 atom stereocenters. The van der Waals surface area contributed by atoms with Gasteiger partial charge in [0.05, 0.1) is 13.2 Å². The summed E-state index contributed by atoms with van der Waals surface area (Å²) in [5, 5.41) is 0. The van der Waals surface area contributed by atoms with E-state index in [4.69, 9.17) is 9.47 Å². The maximum absolute atomic E-state index is 14.8. The van der Waals surface area contributed by atoms with Crippen LogP contribution in [0.5, 0.6) is 5.75 Å². The quantitative estimate of drug-likeness (QED) is 0.630. The van der Waals surface area contributed by atoms with Crippen molar-refractivity contribution >= 4 is 11.8 Å². The highest BCUT2D eigenvalue weighted by Gasteiger charge is 2.46. The first-order valence-electron chi connectivity index (χ1n) is 8.30. The van der Waals surface area contributed by atoms with Crippen LogP contribution < -0.4 is 4.74 Å². The van der Waals surface area contributed by atoms with E-state index in [2.05, 4.69) is 12.1 Å². The maximum atomic E-state index is 14.8. The Morgan fingerprint density at radius 2 is 1.75 bits per heavy atom. The van der Waals surface area contributed by atoms with Gasteiger partial charge in [0, 0.05) is 30.1 Å². The zero-order chi connectivity index (χ0) is 17.0. The first kappa shape index (κ1) is 17.3. The van der Waals surface area contributed by atoms with E-state index >= 15 is 0 Å². The molecule has 4 heteroatoms. The molecule has 0 N–H and O–H groups in total. The monoisotopic (exact) mass is 346 g/mol. The minimum absolute atomic E-state index is 0.0733. The van der Waals surface area contributed by atoms with Gasteiger partial charge in [-0.15, -0.1) is 11.8 Å². The summed E-state index contributed by atoms with van der Waals surface area (Å²) < 4.78 is 25.4. The molecule has 24 heavy (non-hydrogen) atoms. The smallest absolute Gasteiger partial charge is 0.140 e. The van der Waals surface area contributed by atoms with E-state index in [1.165, 1.54) is 5.56 Å². The van der Waals surface area contributed by atoms with Crippen LogP contribution in [-0.4, -0.2) is 19.8 Å². The molecule has 0 bridgehead atoms. The second-order valence-electron chi connectivity index (χ2n) is 6.11. The number of thioether (sulfide) groups is 1. The van der Waals surface area contributed by atoms with Crippen molar-refractivity contribution in [3.63, 3.8) is 0 Å². The first-order chi connectivity index (χ1) is 11.6. The number of alkyl halides is 1. The molecular weight excluding hydrogens is 323 g/mol. The van der Waals surface area contributed by atoms with Crippen LogP contribution in [0, 0.1) is 0 Å². The summed E-state index contributed by atoms with van der Waals surface area (Å²) in [4.78, 5) is 1.15. The third-order valence-corrected chi connectivity index (χ3v) is 5.52. The summed E-state index contributed by atoms with van der Waals surface area (Å²) in [7, 11) is 1.67. The van der Waals surface area contributed by atoms with E-state index in [0.717, 1.165) is 22.0 Å². The van der Waals surface area contributed by atoms with Gasteiger partial charge in [-0.1, -0.05) is 24.3 Å². The Bertz CT molecular complexity index is 648. The molecule has 2 nitrogen and oxygen atoms in total. The van der Waals surface area contributed by atoms with Gasteiger partial charge in [0.2, 0.25) is 0 Å². The van der Waals surface area contributed by atoms with Crippen molar-refractivity contribution in [3.8, 4) is 5.75 Å². The van der Waals surface area contributed by atoms with E-state index in [-0.39, 0.29) is 6.10 Å². The second-order valence-corrected chi connectivity index (χ2v) is 7.16. The van der Waals surface area contributed by atoms with Gasteiger partial charge >= 0.3 is 0 Å². The summed E-state index contributed by atoms with van der Waals surface area (Å²) in [5.41, 5.74) is 0.802. The Kier molecular flexibility index (Phi) is 5.47. The molecule has 0 aromatic heterocycles. The van der Waals surface area contributed by atoms with E-state index in [9.17, 15) is 4.39 Å². The molecular formula is C20H23FO2S. The van der Waals surface area contributed by atoms with Gasteiger partial charge in [0.1, 0.15) is 11.4 Å². The third-order valence-electron chi connectivity index (χ3n) is 4.44. The minimum Gasteiger partial charge on any atom is -0.497 e. The SMILES string of the molecule is CCO[C@H]1C[C@](F)(c2ccc(SCc3ccc(OC)cc3)cc2)C1. The van der Waals surface area contributed by atoms with Gasteiger partial charge in [0.15, 0.2) is 0 Å². The summed E-state index contributed by atoms with van der Waals surface area (Å²) in [5.74, 6) is 1.75. The highest BCUT2D eigenvalue weighted by Crippen LogP contribution is 2.46. The molecule has 1 aliphatic rings. The van der Waals surface area contributed by atoms with Crippen molar-refractivity contribution in [1.82, 2.24) is 0 Å². The highest BCUT2D eigenvalue weighted by atomic mass is 32.2. The molecule has 1 fully saturated rings. The molecule has 3 rings (SSSR count). The first-order valence-corrected chi connectivity index (χ1v) is 9.28. The van der Waals surface area contributed by atoms with Gasteiger partial charge < -0.3 is 9.47 Å². The molecule has 0 spiro atoms. The molecule has 1 aliphatic carbocycles. The zero-order valence-electron chi connectivity index (χ0n) is 14.1. The van der Waals surface area contributed by atoms with Crippen LogP contribution in [0.2, 0.25) is 0 Å². The molecule has 0 amide bonds. The number of halogens is 1. The van der Waals surface area contributed by atoms with E-state index in [0.29, 0.717) is 19.4 Å². The van der Waals surface area contributed by atoms with Crippen molar-refractivity contribution in [3.05, 3.63) is 59.7 Å². The maximum Gasteiger partial charge on any atom is 0.140 e. The standard InChI is InChI=1S/C20H23FO2S/c1-3-23-18-12-20(21,13-18)16-6-10-19(11-7-16)24-14-15-4-8-17(22-2)9-5-15/h4-11,18H,3,12-14H2,1-2H3/t18-,20+. The Morgan fingerprint density at radius 1 is 1.08 bits per heavy atom. The lowest BCUT2D eigenvalue weighted by Crippen LogP contribution is -2.42. The largest absolute Gasteiger partial charge is 0.497 e. The average Bonchev–Trinajstić information content (AvgIpc) is 2.59. The van der Waals surface area contributed by atoms with Crippen molar-refractivity contribution in [2.24, 2.45) is 0 Å². The molecule has 0 unspecified atom stereocenters. The number of hydrogen-bond donors (Lipinski definition) is 0. The summed E-state index contributed by atoms with van der Waals surface area (Å²) in [6.07, 6.45) is 1.02. The Balaban J connectivity index is 1.55. The molecule has 128 valence electrons. The lowest BCUT2D eigenvalue weighted by molar-refractivity contribution is -0.0967. The highest BCUT2D eigenvalue weighted by molar-refractivity contribution is 7.98. The van der Waals surface area contributed by atoms with Crippen LogP contribution >= 0.6 is 11.8 Å². The summed E-state index contributed by atoms with van der Waals surface area (Å²) >= 11 is 1.75. The van der Waals surface area contributed by atoms with Crippen molar-refractivity contribution in [2.75, 3.05) is 13.7 Å². The number of rotatable bonds is 7. The van der Waals surface area contributed by atoms with E-state index in [1.807, 2.05) is 43.3 Å². The Labute approximate surface area is 147 Å². The van der Waals surface area contributed by atoms with Gasteiger partial charge in [0.25, 0.3) is 0 Å². The Morgan fingerprint density at radius 3 is 2.33 bits per heavy atom. The number of benzene rings is 2. The topological polar surface area (TPSA) is 18.5 Å². The van der Waals surface area contributed by atoms with Crippen molar-refractivity contribution in [2.45, 2.75) is 42.2 Å². The van der Waals surface area contributed by atoms with Gasteiger partial charge in [-0.3, -0.25) is 0 Å². The molecule has 0 radical (unpaired) electrons. The number of hydrogen-bond acceptors (Lipinski definition) is 3. The van der Waals surface area contributed by atoms with E-state index < -0.39 is 5.67 Å². The lowest BCUT2D eigenvalue weighted by atomic mass is 9.74. The predicted molar refractivity (Wildman–Crippen MR) is 96.4 cm³/mol. The molecule has 0 aliphatic heterocycles. The minimum atomic E-state index is -1.21. The van der Waals surface area contributed by atoms with Gasteiger partial charge in [-0.2, -0.15) is 0 Å². The van der Waals surface area contributed by atoms with Crippen molar-refractivity contribution < 1.29 is 13.9 Å². The van der Waals surface area contributed by atoms with Crippen LogP contribution in [0.15, 0.2) is 53.4 Å². The zero-order valence-corrected chi connectivity index (χ0v) is 14.9. The number of methoxy groups -OCH3 is 1. The van der Waals surface area contributed by atoms with Crippen LogP contribution in [-0.2, 0) is 16.2 Å². The van der Waals surface area contributed by atoms with Crippen LogP contribution in [0.25, 0.3) is 0 Å². The van der Waals surface area contributed by atoms with Crippen molar-refractivity contribution in [1.29, 1.82) is 0 Å². The molecule has 0 saturated heterocycles. The van der Waals surface area contributed by atoms with Crippen LogP contribution in [0.4, 0.5) is 4.39 Å². The van der Waals surface area contributed by atoms with E-state index in [1.54, 1.807) is 18.9 Å². The fourth-order valence-electron chi connectivity index (χ4n) is 2.99. The average molecular weight is 346 g/mol. The normalized spacial score (nSPS) is 22.9. The molecule has 0 heterocycles. The van der Waals surface area contributed by atoms with Crippen LogP contribution in [0.1, 0.15) is 30.9 Å². The number of ether oxygens (including phenoxy) is 2. The summed E-state index contributed by atoms with van der Waals surface area (Å²) in [6, 6.07) is 15.9. The molecule has 1 saturated carbocycles.